The maximum absolute atomic E-state index is 13.1. The number of hydrogen-bond donors (Lipinski definition) is 1. The molecule has 0 aliphatic rings. The summed E-state index contributed by atoms with van der Waals surface area (Å²) in [4.78, 5) is 17.6. The van der Waals surface area contributed by atoms with Crippen LogP contribution in [0, 0.1) is 6.92 Å². The van der Waals surface area contributed by atoms with Crippen molar-refractivity contribution in [2.45, 2.75) is 6.92 Å². The third-order valence-corrected chi connectivity index (χ3v) is 6.03. The number of amides is 1. The molecule has 4 aromatic carbocycles. The SMILES string of the molecule is Cc1ccc(-n2nc(C(=O)Nc3ccc(Oc4ccccc4)cc3)nc2-c2cccc(Cl)c2)cc1Cl. The predicted molar refractivity (Wildman–Crippen MR) is 142 cm³/mol. The van der Waals surface area contributed by atoms with Crippen LogP contribution < -0.4 is 10.1 Å². The van der Waals surface area contributed by atoms with Crippen molar-refractivity contribution >= 4 is 34.8 Å². The quantitative estimate of drug-likeness (QED) is 0.253. The highest BCUT2D eigenvalue weighted by Gasteiger charge is 2.20. The maximum atomic E-state index is 13.1. The molecule has 0 saturated heterocycles. The van der Waals surface area contributed by atoms with Crippen molar-refractivity contribution in [3.05, 3.63) is 118 Å². The number of carbonyl (C=O) groups is 1. The molecule has 1 amide bonds. The van der Waals surface area contributed by atoms with Crippen molar-refractivity contribution in [2.75, 3.05) is 5.32 Å². The normalized spacial score (nSPS) is 10.8. The Morgan fingerprint density at radius 2 is 1.61 bits per heavy atom. The predicted octanol–water partition coefficient (Wildman–Crippen LogP) is 7.59. The fourth-order valence-electron chi connectivity index (χ4n) is 3.53. The van der Waals surface area contributed by atoms with Crippen LogP contribution in [0.15, 0.2) is 97.1 Å². The van der Waals surface area contributed by atoms with Gasteiger partial charge in [0.05, 0.1) is 5.69 Å². The Bertz CT molecular complexity index is 1530. The highest BCUT2D eigenvalue weighted by molar-refractivity contribution is 6.31. The monoisotopic (exact) mass is 514 g/mol. The number of ether oxygens (including phenoxy) is 1. The summed E-state index contributed by atoms with van der Waals surface area (Å²) < 4.78 is 7.39. The number of benzene rings is 4. The zero-order valence-corrected chi connectivity index (χ0v) is 20.7. The minimum atomic E-state index is -0.452. The fraction of sp³-hybridized carbons (Fsp3) is 0.0357. The Morgan fingerprint density at radius 1 is 0.861 bits per heavy atom. The lowest BCUT2D eigenvalue weighted by atomic mass is 10.2. The Labute approximate surface area is 218 Å². The number of nitrogens with one attached hydrogen (secondary N) is 1. The van der Waals surface area contributed by atoms with Crippen LogP contribution in [-0.2, 0) is 0 Å². The van der Waals surface area contributed by atoms with E-state index in [1.807, 2.05) is 61.5 Å². The van der Waals surface area contributed by atoms with Crippen molar-refractivity contribution in [1.29, 1.82) is 0 Å². The molecule has 0 aliphatic carbocycles. The van der Waals surface area contributed by atoms with Gasteiger partial charge in [-0.25, -0.2) is 9.67 Å². The number of aryl methyl sites for hydroxylation is 1. The first-order valence-corrected chi connectivity index (χ1v) is 11.9. The average Bonchev–Trinajstić information content (AvgIpc) is 3.33. The molecule has 36 heavy (non-hydrogen) atoms. The van der Waals surface area contributed by atoms with Crippen LogP contribution in [0.25, 0.3) is 17.1 Å². The van der Waals surface area contributed by atoms with Crippen LogP contribution in [0.2, 0.25) is 10.0 Å². The molecule has 8 heteroatoms. The van der Waals surface area contributed by atoms with Gasteiger partial charge in [0.15, 0.2) is 5.82 Å². The molecule has 1 heterocycles. The number of carbonyl (C=O) groups excluding carboxylic acids is 1. The summed E-state index contributed by atoms with van der Waals surface area (Å²) in [6, 6.07) is 29.3. The van der Waals surface area contributed by atoms with Crippen LogP contribution in [0.5, 0.6) is 11.5 Å². The molecule has 178 valence electrons. The zero-order valence-electron chi connectivity index (χ0n) is 19.2. The van der Waals surface area contributed by atoms with E-state index in [1.165, 1.54) is 0 Å². The number of hydrogen-bond acceptors (Lipinski definition) is 4. The molecule has 6 nitrogen and oxygen atoms in total. The number of para-hydroxylation sites is 1. The molecule has 0 fully saturated rings. The van der Waals surface area contributed by atoms with Crippen LogP contribution in [-0.4, -0.2) is 20.7 Å². The topological polar surface area (TPSA) is 69.0 Å². The first-order valence-electron chi connectivity index (χ1n) is 11.1. The van der Waals surface area contributed by atoms with Gasteiger partial charge in [0.1, 0.15) is 11.5 Å². The largest absolute Gasteiger partial charge is 0.457 e. The van der Waals surface area contributed by atoms with Crippen molar-refractivity contribution < 1.29 is 9.53 Å². The summed E-state index contributed by atoms with van der Waals surface area (Å²) in [7, 11) is 0. The van der Waals surface area contributed by atoms with Gasteiger partial charge < -0.3 is 10.1 Å². The maximum Gasteiger partial charge on any atom is 0.295 e. The summed E-state index contributed by atoms with van der Waals surface area (Å²) >= 11 is 12.6. The lowest BCUT2D eigenvalue weighted by Crippen LogP contribution is -2.14. The molecular formula is C28H20Cl2N4O2. The van der Waals surface area contributed by atoms with Gasteiger partial charge in [-0.2, -0.15) is 0 Å². The van der Waals surface area contributed by atoms with Crippen molar-refractivity contribution in [1.82, 2.24) is 14.8 Å². The number of anilines is 1. The highest BCUT2D eigenvalue weighted by Crippen LogP contribution is 2.27. The van der Waals surface area contributed by atoms with E-state index in [-0.39, 0.29) is 5.82 Å². The van der Waals surface area contributed by atoms with Gasteiger partial charge in [0, 0.05) is 21.3 Å². The molecule has 5 aromatic rings. The Kier molecular flexibility index (Phi) is 6.71. The Balaban J connectivity index is 1.42. The van der Waals surface area contributed by atoms with Gasteiger partial charge in [-0.05, 0) is 73.2 Å². The van der Waals surface area contributed by atoms with Gasteiger partial charge in [-0.3, -0.25) is 4.79 Å². The third kappa shape index (κ3) is 5.25. The molecule has 0 radical (unpaired) electrons. The average molecular weight is 515 g/mol. The minimum absolute atomic E-state index is 0.00582. The Morgan fingerprint density at radius 3 is 2.33 bits per heavy atom. The van der Waals surface area contributed by atoms with E-state index < -0.39 is 5.91 Å². The molecule has 0 aliphatic heterocycles. The van der Waals surface area contributed by atoms with E-state index in [4.69, 9.17) is 27.9 Å². The highest BCUT2D eigenvalue weighted by atomic mass is 35.5. The van der Waals surface area contributed by atoms with E-state index in [9.17, 15) is 4.79 Å². The summed E-state index contributed by atoms with van der Waals surface area (Å²) in [5, 5.41) is 8.47. The second kappa shape index (κ2) is 10.2. The second-order valence-electron chi connectivity index (χ2n) is 8.01. The summed E-state index contributed by atoms with van der Waals surface area (Å²) in [5.74, 6) is 1.40. The van der Waals surface area contributed by atoms with Gasteiger partial charge >= 0.3 is 0 Å². The number of halogens is 2. The van der Waals surface area contributed by atoms with E-state index in [2.05, 4.69) is 15.4 Å². The number of rotatable bonds is 6. The van der Waals surface area contributed by atoms with E-state index in [0.717, 1.165) is 11.3 Å². The molecule has 0 atom stereocenters. The van der Waals surface area contributed by atoms with E-state index >= 15 is 0 Å². The Hall–Kier alpha value is -4.13. The molecule has 0 spiro atoms. The molecule has 0 bridgehead atoms. The third-order valence-electron chi connectivity index (χ3n) is 5.38. The van der Waals surface area contributed by atoms with Crippen LogP contribution >= 0.6 is 23.2 Å². The molecule has 0 saturated carbocycles. The van der Waals surface area contributed by atoms with Crippen LogP contribution in [0.4, 0.5) is 5.69 Å². The van der Waals surface area contributed by atoms with Crippen molar-refractivity contribution in [2.24, 2.45) is 0 Å². The summed E-state index contributed by atoms with van der Waals surface area (Å²) in [5.41, 5.74) is 2.91. The first-order chi connectivity index (χ1) is 17.5. The molecular weight excluding hydrogens is 495 g/mol. The lowest BCUT2D eigenvalue weighted by molar-refractivity contribution is 0.101. The van der Waals surface area contributed by atoms with Gasteiger partial charge in [0.2, 0.25) is 5.82 Å². The summed E-state index contributed by atoms with van der Waals surface area (Å²) in [6.07, 6.45) is 0. The molecule has 0 unspecified atom stereocenters. The standard InChI is InChI=1S/C28H20Cl2N4O2/c1-18-10-13-22(17-25(18)30)34-27(19-6-5-7-20(29)16-19)32-26(33-34)28(35)31-21-11-14-24(15-12-21)36-23-8-3-2-4-9-23/h2-17H,1H3,(H,31,35). The van der Waals surface area contributed by atoms with E-state index in [0.29, 0.717) is 38.6 Å². The van der Waals surface area contributed by atoms with Crippen LogP contribution in [0.1, 0.15) is 16.2 Å². The first kappa shape index (κ1) is 23.6. The second-order valence-corrected chi connectivity index (χ2v) is 8.85. The molecule has 5 rings (SSSR count). The van der Waals surface area contributed by atoms with Gasteiger partial charge in [0.25, 0.3) is 5.91 Å². The molecule has 1 N–H and O–H groups in total. The fourth-order valence-corrected chi connectivity index (χ4v) is 3.90. The van der Waals surface area contributed by atoms with Crippen molar-refractivity contribution in [3.8, 4) is 28.6 Å². The lowest BCUT2D eigenvalue weighted by Gasteiger charge is -2.08. The van der Waals surface area contributed by atoms with Crippen molar-refractivity contribution in [3.63, 3.8) is 0 Å². The number of aromatic nitrogens is 3. The molecule has 1 aromatic heterocycles. The van der Waals surface area contributed by atoms with Gasteiger partial charge in [-0.1, -0.05) is 59.6 Å². The van der Waals surface area contributed by atoms with E-state index in [1.54, 1.807) is 47.1 Å². The smallest absolute Gasteiger partial charge is 0.295 e. The summed E-state index contributed by atoms with van der Waals surface area (Å²) in [6.45, 7) is 1.92. The number of nitrogens with zero attached hydrogens (tertiary/aromatic N) is 3. The van der Waals surface area contributed by atoms with Gasteiger partial charge in [-0.15, -0.1) is 5.10 Å². The zero-order chi connectivity index (χ0) is 25.1. The minimum Gasteiger partial charge on any atom is -0.457 e. The van der Waals surface area contributed by atoms with Crippen LogP contribution in [0.3, 0.4) is 0 Å².